The van der Waals surface area contributed by atoms with Crippen LogP contribution in [0.1, 0.15) is 18.3 Å². The number of aromatic amines is 1. The molecule has 0 amide bonds. The van der Waals surface area contributed by atoms with E-state index in [9.17, 15) is 8.42 Å². The molecule has 1 aromatic carbocycles. The summed E-state index contributed by atoms with van der Waals surface area (Å²) in [5.41, 5.74) is 1.61. The Morgan fingerprint density at radius 3 is 2.50 bits per heavy atom. The van der Waals surface area contributed by atoms with Crippen LogP contribution < -0.4 is 4.72 Å². The molecule has 0 saturated heterocycles. The Labute approximate surface area is 106 Å². The number of H-pyrrole nitrogens is 1. The van der Waals surface area contributed by atoms with Crippen molar-refractivity contribution in [3.8, 4) is 0 Å². The number of hydrogen-bond acceptors (Lipinski definition) is 3. The van der Waals surface area contributed by atoms with Gasteiger partial charge in [0, 0.05) is 12.1 Å². The van der Waals surface area contributed by atoms with E-state index in [4.69, 9.17) is 0 Å². The Hall–Kier alpha value is -1.82. The smallest absolute Gasteiger partial charge is 0.278 e. The van der Waals surface area contributed by atoms with Gasteiger partial charge in [0.1, 0.15) is 5.82 Å². The molecule has 0 unspecified atom stereocenters. The molecule has 0 aliphatic carbocycles. The van der Waals surface area contributed by atoms with Crippen molar-refractivity contribution in [1.29, 1.82) is 0 Å². The lowest BCUT2D eigenvalue weighted by atomic mass is 10.2. The molecular weight excluding hydrogens is 250 g/mol. The zero-order chi connectivity index (χ0) is 13.2. The monoisotopic (exact) mass is 265 g/mol. The van der Waals surface area contributed by atoms with Gasteiger partial charge in [-0.25, -0.2) is 4.98 Å². The molecule has 0 saturated carbocycles. The van der Waals surface area contributed by atoms with Crippen molar-refractivity contribution in [2.24, 2.45) is 0 Å². The SMILES string of the molecule is CCc1ncc(S(=O)(=O)Nc2ccc(C)cc2)[nH]1. The Morgan fingerprint density at radius 1 is 1.28 bits per heavy atom. The van der Waals surface area contributed by atoms with Crippen molar-refractivity contribution in [2.45, 2.75) is 25.3 Å². The van der Waals surface area contributed by atoms with Crippen molar-refractivity contribution < 1.29 is 8.42 Å². The third-order valence-electron chi connectivity index (χ3n) is 2.53. The molecule has 2 N–H and O–H groups in total. The molecule has 0 aliphatic rings. The third kappa shape index (κ3) is 2.70. The van der Waals surface area contributed by atoms with E-state index in [-0.39, 0.29) is 5.03 Å². The van der Waals surface area contributed by atoms with Crippen LogP contribution in [0.25, 0.3) is 0 Å². The number of nitrogens with one attached hydrogen (secondary N) is 2. The number of aromatic nitrogens is 2. The van der Waals surface area contributed by atoms with Gasteiger partial charge in [-0.1, -0.05) is 24.6 Å². The normalized spacial score (nSPS) is 11.4. The van der Waals surface area contributed by atoms with Crippen molar-refractivity contribution in [3.63, 3.8) is 0 Å². The van der Waals surface area contributed by atoms with Crippen molar-refractivity contribution in [3.05, 3.63) is 41.9 Å². The van der Waals surface area contributed by atoms with Gasteiger partial charge in [0.2, 0.25) is 0 Å². The minimum atomic E-state index is -3.58. The summed E-state index contributed by atoms with van der Waals surface area (Å²) in [6.07, 6.45) is 2.00. The lowest BCUT2D eigenvalue weighted by Crippen LogP contribution is -2.13. The van der Waals surface area contributed by atoms with Crippen LogP contribution in [0.15, 0.2) is 35.5 Å². The van der Waals surface area contributed by atoms with E-state index in [1.807, 2.05) is 26.0 Å². The number of rotatable bonds is 4. The van der Waals surface area contributed by atoms with Crippen molar-refractivity contribution >= 4 is 15.7 Å². The van der Waals surface area contributed by atoms with Gasteiger partial charge in [-0.2, -0.15) is 8.42 Å². The van der Waals surface area contributed by atoms with Crippen LogP contribution >= 0.6 is 0 Å². The number of aryl methyl sites for hydroxylation is 2. The summed E-state index contributed by atoms with van der Waals surface area (Å²) in [6.45, 7) is 3.85. The molecule has 6 heteroatoms. The van der Waals surface area contributed by atoms with Gasteiger partial charge in [-0.05, 0) is 19.1 Å². The maximum atomic E-state index is 12.0. The van der Waals surface area contributed by atoms with Gasteiger partial charge >= 0.3 is 0 Å². The summed E-state index contributed by atoms with van der Waals surface area (Å²) in [5.74, 6) is 0.652. The Balaban J connectivity index is 2.24. The molecule has 0 fully saturated rings. The molecule has 1 heterocycles. The van der Waals surface area contributed by atoms with Gasteiger partial charge in [0.25, 0.3) is 10.0 Å². The Morgan fingerprint density at radius 2 is 1.94 bits per heavy atom. The number of hydrogen-bond donors (Lipinski definition) is 2. The average molecular weight is 265 g/mol. The van der Waals surface area contributed by atoms with Crippen LogP contribution in [-0.4, -0.2) is 18.4 Å². The van der Waals surface area contributed by atoms with Crippen LogP contribution in [0.2, 0.25) is 0 Å². The maximum absolute atomic E-state index is 12.0. The van der Waals surface area contributed by atoms with Crippen molar-refractivity contribution in [1.82, 2.24) is 9.97 Å². The zero-order valence-electron chi connectivity index (χ0n) is 10.3. The highest BCUT2D eigenvalue weighted by Gasteiger charge is 2.16. The van der Waals surface area contributed by atoms with Gasteiger partial charge in [-0.3, -0.25) is 4.72 Å². The van der Waals surface area contributed by atoms with E-state index in [1.165, 1.54) is 6.20 Å². The molecular formula is C12H15N3O2S. The molecule has 0 bridgehead atoms. The fourth-order valence-electron chi connectivity index (χ4n) is 1.49. The molecule has 1 aromatic heterocycles. The summed E-state index contributed by atoms with van der Waals surface area (Å²) in [5, 5.41) is 0.0833. The first-order valence-corrected chi connectivity index (χ1v) is 7.13. The quantitative estimate of drug-likeness (QED) is 0.888. The highest BCUT2D eigenvalue weighted by Crippen LogP contribution is 2.15. The molecule has 2 rings (SSSR count). The number of benzene rings is 1. The number of imidazole rings is 1. The highest BCUT2D eigenvalue weighted by molar-refractivity contribution is 7.92. The summed E-state index contributed by atoms with van der Waals surface area (Å²) in [4.78, 5) is 6.76. The molecule has 2 aromatic rings. The molecule has 0 radical (unpaired) electrons. The van der Waals surface area contributed by atoms with Crippen LogP contribution in [0.3, 0.4) is 0 Å². The molecule has 0 spiro atoms. The molecule has 0 atom stereocenters. The first-order chi connectivity index (χ1) is 8.51. The molecule has 0 aliphatic heterocycles. The van der Waals surface area contributed by atoms with E-state index in [0.29, 0.717) is 17.9 Å². The van der Waals surface area contributed by atoms with Gasteiger partial charge in [0.05, 0.1) is 6.20 Å². The molecule has 5 nitrogen and oxygen atoms in total. The van der Waals surface area contributed by atoms with Crippen molar-refractivity contribution in [2.75, 3.05) is 4.72 Å². The predicted molar refractivity (Wildman–Crippen MR) is 70.0 cm³/mol. The second-order valence-electron chi connectivity index (χ2n) is 4.02. The number of sulfonamides is 1. The van der Waals surface area contributed by atoms with Crippen LogP contribution in [0, 0.1) is 6.92 Å². The second-order valence-corrected chi connectivity index (χ2v) is 5.67. The summed E-state index contributed by atoms with van der Waals surface area (Å²) in [7, 11) is -3.58. The summed E-state index contributed by atoms with van der Waals surface area (Å²) in [6, 6.07) is 7.15. The topological polar surface area (TPSA) is 74.8 Å². The molecule has 18 heavy (non-hydrogen) atoms. The average Bonchev–Trinajstić information content (AvgIpc) is 2.81. The van der Waals surface area contributed by atoms with E-state index >= 15 is 0 Å². The van der Waals surface area contributed by atoms with Crippen LogP contribution in [0.4, 0.5) is 5.69 Å². The standard InChI is InChI=1S/C12H15N3O2S/c1-3-11-13-8-12(14-11)18(16,17)15-10-6-4-9(2)5-7-10/h4-8,15H,3H2,1-2H3,(H,13,14). The third-order valence-corrected chi connectivity index (χ3v) is 3.82. The minimum Gasteiger partial charge on any atom is -0.332 e. The van der Waals surface area contributed by atoms with E-state index in [0.717, 1.165) is 5.56 Å². The minimum absolute atomic E-state index is 0.0833. The van der Waals surface area contributed by atoms with Crippen LogP contribution in [0.5, 0.6) is 0 Å². The Bertz CT molecular complexity index is 630. The predicted octanol–water partition coefficient (Wildman–Crippen LogP) is 2.08. The largest absolute Gasteiger partial charge is 0.332 e. The highest BCUT2D eigenvalue weighted by atomic mass is 32.2. The lowest BCUT2D eigenvalue weighted by molar-refractivity contribution is 0.598. The fraction of sp³-hybridized carbons (Fsp3) is 0.250. The summed E-state index contributed by atoms with van der Waals surface area (Å²) < 4.78 is 26.6. The number of nitrogens with zero attached hydrogens (tertiary/aromatic N) is 1. The Kier molecular flexibility index (Phi) is 3.38. The first-order valence-electron chi connectivity index (χ1n) is 5.64. The van der Waals surface area contributed by atoms with Crippen LogP contribution in [-0.2, 0) is 16.4 Å². The first kappa shape index (κ1) is 12.6. The molecule has 96 valence electrons. The fourth-order valence-corrected chi connectivity index (χ4v) is 2.49. The maximum Gasteiger partial charge on any atom is 0.278 e. The van der Waals surface area contributed by atoms with Gasteiger partial charge in [-0.15, -0.1) is 0 Å². The van der Waals surface area contributed by atoms with Gasteiger partial charge < -0.3 is 4.98 Å². The summed E-state index contributed by atoms with van der Waals surface area (Å²) >= 11 is 0. The lowest BCUT2D eigenvalue weighted by Gasteiger charge is -2.06. The van der Waals surface area contributed by atoms with E-state index in [2.05, 4.69) is 14.7 Å². The van der Waals surface area contributed by atoms with E-state index < -0.39 is 10.0 Å². The van der Waals surface area contributed by atoms with E-state index in [1.54, 1.807) is 12.1 Å². The second kappa shape index (κ2) is 4.81. The number of anilines is 1. The zero-order valence-corrected chi connectivity index (χ0v) is 11.1. The van der Waals surface area contributed by atoms with Gasteiger partial charge in [0.15, 0.2) is 5.03 Å².